The van der Waals surface area contributed by atoms with Gasteiger partial charge in [-0.15, -0.1) is 0 Å². The molecule has 1 atom stereocenters. The van der Waals surface area contributed by atoms with Crippen LogP contribution >= 0.6 is 23.2 Å². The fourth-order valence-electron chi connectivity index (χ4n) is 2.29. The molecule has 1 aliphatic heterocycles. The average Bonchev–Trinajstić information content (AvgIpc) is 2.58. The van der Waals surface area contributed by atoms with Gasteiger partial charge in [-0.05, 0) is 31.2 Å². The molecule has 2 aromatic rings. The SMILES string of the molecule is C[C@H](Nc1ccc2c(c1)OCCO2)C(=O)Nc1cccc(Cl)c1Cl. The molecular weight excluding hydrogens is 351 g/mol. The molecule has 0 bridgehead atoms. The van der Waals surface area contributed by atoms with E-state index in [1.807, 2.05) is 18.2 Å². The first-order valence-electron chi connectivity index (χ1n) is 7.45. The molecule has 1 amide bonds. The first-order chi connectivity index (χ1) is 11.5. The summed E-state index contributed by atoms with van der Waals surface area (Å²) >= 11 is 12.0. The van der Waals surface area contributed by atoms with Gasteiger partial charge in [0.2, 0.25) is 5.91 Å². The molecule has 1 heterocycles. The van der Waals surface area contributed by atoms with Crippen LogP contribution < -0.4 is 20.1 Å². The van der Waals surface area contributed by atoms with Crippen molar-refractivity contribution in [1.29, 1.82) is 0 Å². The van der Waals surface area contributed by atoms with Gasteiger partial charge >= 0.3 is 0 Å². The Kier molecular flexibility index (Phi) is 5.02. The van der Waals surface area contributed by atoms with Gasteiger partial charge in [-0.1, -0.05) is 29.3 Å². The minimum Gasteiger partial charge on any atom is -0.486 e. The number of fused-ring (bicyclic) bond motifs is 1. The van der Waals surface area contributed by atoms with Crippen LogP contribution in [0.15, 0.2) is 36.4 Å². The van der Waals surface area contributed by atoms with Crippen LogP contribution in [-0.2, 0) is 4.79 Å². The summed E-state index contributed by atoms with van der Waals surface area (Å²) in [7, 11) is 0. The highest BCUT2D eigenvalue weighted by Gasteiger charge is 2.17. The number of ether oxygens (including phenoxy) is 2. The van der Waals surface area contributed by atoms with E-state index in [0.29, 0.717) is 40.4 Å². The monoisotopic (exact) mass is 366 g/mol. The van der Waals surface area contributed by atoms with Crippen molar-refractivity contribution in [2.75, 3.05) is 23.8 Å². The number of amides is 1. The predicted molar refractivity (Wildman–Crippen MR) is 95.6 cm³/mol. The minimum absolute atomic E-state index is 0.228. The van der Waals surface area contributed by atoms with E-state index in [0.717, 1.165) is 5.69 Å². The lowest BCUT2D eigenvalue weighted by Crippen LogP contribution is -2.32. The van der Waals surface area contributed by atoms with Gasteiger partial charge in [0, 0.05) is 11.8 Å². The number of hydrogen-bond acceptors (Lipinski definition) is 4. The van der Waals surface area contributed by atoms with Gasteiger partial charge in [-0.2, -0.15) is 0 Å². The zero-order valence-corrected chi connectivity index (χ0v) is 14.4. The maximum atomic E-state index is 12.3. The van der Waals surface area contributed by atoms with Crippen molar-refractivity contribution in [3.05, 3.63) is 46.4 Å². The van der Waals surface area contributed by atoms with Crippen molar-refractivity contribution in [3.8, 4) is 11.5 Å². The van der Waals surface area contributed by atoms with E-state index in [-0.39, 0.29) is 5.91 Å². The van der Waals surface area contributed by atoms with Crippen LogP contribution in [0.5, 0.6) is 11.5 Å². The lowest BCUT2D eigenvalue weighted by molar-refractivity contribution is -0.116. The molecular formula is C17H16Cl2N2O3. The lowest BCUT2D eigenvalue weighted by Gasteiger charge is -2.21. The molecule has 2 N–H and O–H groups in total. The summed E-state index contributed by atoms with van der Waals surface area (Å²) < 4.78 is 11.0. The van der Waals surface area contributed by atoms with Gasteiger partial charge < -0.3 is 20.1 Å². The zero-order valence-electron chi connectivity index (χ0n) is 12.9. The summed E-state index contributed by atoms with van der Waals surface area (Å²) in [6.07, 6.45) is 0. The predicted octanol–water partition coefficient (Wildman–Crippen LogP) is 4.20. The molecule has 2 aromatic carbocycles. The molecule has 0 radical (unpaired) electrons. The largest absolute Gasteiger partial charge is 0.486 e. The Balaban J connectivity index is 1.67. The Morgan fingerprint density at radius 1 is 1.12 bits per heavy atom. The second-order valence-electron chi connectivity index (χ2n) is 5.32. The van der Waals surface area contributed by atoms with Crippen molar-refractivity contribution in [1.82, 2.24) is 0 Å². The van der Waals surface area contributed by atoms with Crippen LogP contribution in [0, 0.1) is 0 Å². The highest BCUT2D eigenvalue weighted by atomic mass is 35.5. The third kappa shape index (κ3) is 3.68. The molecule has 0 aliphatic carbocycles. The highest BCUT2D eigenvalue weighted by molar-refractivity contribution is 6.44. The van der Waals surface area contributed by atoms with Gasteiger partial charge in [0.1, 0.15) is 19.3 Å². The number of halogens is 2. The summed E-state index contributed by atoms with van der Waals surface area (Å²) in [5.74, 6) is 1.14. The van der Waals surface area contributed by atoms with E-state index in [2.05, 4.69) is 10.6 Å². The Bertz CT molecular complexity index is 767. The number of benzene rings is 2. The number of hydrogen-bond donors (Lipinski definition) is 2. The lowest BCUT2D eigenvalue weighted by atomic mass is 10.2. The summed E-state index contributed by atoms with van der Waals surface area (Å²) in [4.78, 5) is 12.3. The molecule has 3 rings (SSSR count). The number of rotatable bonds is 4. The quantitative estimate of drug-likeness (QED) is 0.850. The van der Waals surface area contributed by atoms with Gasteiger partial charge in [0.15, 0.2) is 11.5 Å². The Hall–Kier alpha value is -2.11. The molecule has 5 nitrogen and oxygen atoms in total. The van der Waals surface area contributed by atoms with Crippen LogP contribution in [0.25, 0.3) is 0 Å². The molecule has 0 spiro atoms. The normalized spacial score (nSPS) is 14.0. The molecule has 24 heavy (non-hydrogen) atoms. The van der Waals surface area contributed by atoms with Gasteiger partial charge in [0.05, 0.1) is 15.7 Å². The maximum Gasteiger partial charge on any atom is 0.246 e. The van der Waals surface area contributed by atoms with Crippen molar-refractivity contribution in [2.24, 2.45) is 0 Å². The van der Waals surface area contributed by atoms with Crippen LogP contribution in [0.2, 0.25) is 10.0 Å². The van der Waals surface area contributed by atoms with E-state index >= 15 is 0 Å². The fourth-order valence-corrected chi connectivity index (χ4v) is 2.64. The molecule has 0 saturated carbocycles. The van der Waals surface area contributed by atoms with Gasteiger partial charge in [0.25, 0.3) is 0 Å². The molecule has 0 aromatic heterocycles. The molecule has 0 fully saturated rings. The van der Waals surface area contributed by atoms with Crippen LogP contribution in [0.3, 0.4) is 0 Å². The van der Waals surface area contributed by atoms with Gasteiger partial charge in [-0.25, -0.2) is 0 Å². The second kappa shape index (κ2) is 7.20. The summed E-state index contributed by atoms with van der Waals surface area (Å²) in [6.45, 7) is 2.81. The summed E-state index contributed by atoms with van der Waals surface area (Å²) in [5, 5.41) is 6.59. The fraction of sp³-hybridized carbons (Fsp3) is 0.235. The first-order valence-corrected chi connectivity index (χ1v) is 8.21. The van der Waals surface area contributed by atoms with Crippen molar-refractivity contribution in [2.45, 2.75) is 13.0 Å². The summed E-state index contributed by atoms with van der Waals surface area (Å²) in [5.41, 5.74) is 1.24. The standard InChI is InChI=1S/C17H16Cl2N2O3/c1-10(17(22)21-13-4-2-3-12(18)16(13)19)20-11-5-6-14-15(9-11)24-8-7-23-14/h2-6,9-10,20H,7-8H2,1H3,(H,21,22)/t10-/m0/s1. The van der Waals surface area contributed by atoms with E-state index in [1.54, 1.807) is 25.1 Å². The number of nitrogens with one attached hydrogen (secondary N) is 2. The van der Waals surface area contributed by atoms with Crippen molar-refractivity contribution in [3.63, 3.8) is 0 Å². The third-order valence-corrected chi connectivity index (χ3v) is 4.35. The molecule has 7 heteroatoms. The van der Waals surface area contributed by atoms with Crippen molar-refractivity contribution >= 4 is 40.5 Å². The topological polar surface area (TPSA) is 59.6 Å². The first kappa shape index (κ1) is 16.7. The molecule has 126 valence electrons. The number of carbonyl (C=O) groups is 1. The molecule has 0 saturated heterocycles. The second-order valence-corrected chi connectivity index (χ2v) is 6.10. The van der Waals surface area contributed by atoms with Gasteiger partial charge in [-0.3, -0.25) is 4.79 Å². The van der Waals surface area contributed by atoms with E-state index in [4.69, 9.17) is 32.7 Å². The van der Waals surface area contributed by atoms with Crippen LogP contribution in [0.1, 0.15) is 6.92 Å². The summed E-state index contributed by atoms with van der Waals surface area (Å²) in [6, 6.07) is 10.1. The third-order valence-electron chi connectivity index (χ3n) is 3.53. The Morgan fingerprint density at radius 3 is 2.67 bits per heavy atom. The van der Waals surface area contributed by atoms with E-state index in [1.165, 1.54) is 0 Å². The van der Waals surface area contributed by atoms with E-state index < -0.39 is 6.04 Å². The van der Waals surface area contributed by atoms with Crippen molar-refractivity contribution < 1.29 is 14.3 Å². The van der Waals surface area contributed by atoms with E-state index in [9.17, 15) is 4.79 Å². The Morgan fingerprint density at radius 2 is 1.88 bits per heavy atom. The zero-order chi connectivity index (χ0) is 17.1. The Labute approximate surface area is 149 Å². The number of carbonyl (C=O) groups excluding carboxylic acids is 1. The van der Waals surface area contributed by atoms with Crippen LogP contribution in [0.4, 0.5) is 11.4 Å². The number of anilines is 2. The average molecular weight is 367 g/mol. The highest BCUT2D eigenvalue weighted by Crippen LogP contribution is 2.33. The van der Waals surface area contributed by atoms with Crippen LogP contribution in [-0.4, -0.2) is 25.2 Å². The smallest absolute Gasteiger partial charge is 0.246 e. The minimum atomic E-state index is -0.484. The maximum absolute atomic E-state index is 12.3. The molecule has 1 aliphatic rings. The molecule has 0 unspecified atom stereocenters.